The molecule has 0 aliphatic heterocycles. The van der Waals surface area contributed by atoms with Gasteiger partial charge in [-0.15, -0.1) is 0 Å². The Morgan fingerprint density at radius 1 is 0.976 bits per heavy atom. The first-order chi connectivity index (χ1) is 19.9. The molecule has 2 aromatic carbocycles. The van der Waals surface area contributed by atoms with Crippen LogP contribution in [0.15, 0.2) is 48.5 Å². The van der Waals surface area contributed by atoms with Gasteiger partial charge in [-0.2, -0.15) is 0 Å². The smallest absolute Gasteiger partial charge is 0.244 e. The van der Waals surface area contributed by atoms with Gasteiger partial charge in [0.15, 0.2) is 0 Å². The van der Waals surface area contributed by atoms with Gasteiger partial charge in [-0.3, -0.25) is 13.9 Å². The van der Waals surface area contributed by atoms with Crippen LogP contribution in [0.5, 0.6) is 0 Å². The van der Waals surface area contributed by atoms with Crippen LogP contribution in [0, 0.1) is 24.7 Å². The van der Waals surface area contributed by atoms with Gasteiger partial charge in [-0.1, -0.05) is 48.9 Å². The molecule has 8 heteroatoms. The summed E-state index contributed by atoms with van der Waals surface area (Å²) in [7, 11) is -3.77. The van der Waals surface area contributed by atoms with Crippen molar-refractivity contribution >= 4 is 27.5 Å². The maximum absolute atomic E-state index is 14.0. The molecule has 1 N–H and O–H groups in total. The quantitative estimate of drug-likeness (QED) is 0.370. The molecule has 4 saturated carbocycles. The summed E-state index contributed by atoms with van der Waals surface area (Å²) < 4.78 is 27.4. The van der Waals surface area contributed by atoms with E-state index in [0.29, 0.717) is 12.1 Å². The van der Waals surface area contributed by atoms with E-state index in [0.717, 1.165) is 35.1 Å². The number of nitrogens with one attached hydrogen (secondary N) is 1. The summed E-state index contributed by atoms with van der Waals surface area (Å²) in [6, 6.07) is 15.0. The Bertz CT molecular complexity index is 1370. The van der Waals surface area contributed by atoms with Crippen molar-refractivity contribution in [1.29, 1.82) is 0 Å². The van der Waals surface area contributed by atoms with Crippen LogP contribution in [-0.2, 0) is 31.6 Å². The fraction of sp³-hybridized carbons (Fsp3) is 0.588. The molecule has 4 bridgehead atoms. The molecule has 0 unspecified atom stereocenters. The fourth-order valence-electron chi connectivity index (χ4n) is 8.37. The molecule has 42 heavy (non-hydrogen) atoms. The van der Waals surface area contributed by atoms with Gasteiger partial charge < -0.3 is 10.2 Å². The van der Waals surface area contributed by atoms with Crippen molar-refractivity contribution in [1.82, 2.24) is 10.2 Å². The number of hydrogen-bond acceptors (Lipinski definition) is 4. The molecule has 2 amide bonds. The van der Waals surface area contributed by atoms with Crippen LogP contribution in [0.3, 0.4) is 0 Å². The zero-order chi connectivity index (χ0) is 30.2. The lowest BCUT2D eigenvalue weighted by atomic mass is 9.48. The van der Waals surface area contributed by atoms with Crippen LogP contribution in [0.1, 0.15) is 82.4 Å². The lowest BCUT2D eigenvalue weighted by Crippen LogP contribution is -2.53. The van der Waals surface area contributed by atoms with Crippen LogP contribution in [-0.4, -0.2) is 50.0 Å². The molecule has 4 aliphatic rings. The number of rotatable bonds is 11. The number of benzene rings is 2. The van der Waals surface area contributed by atoms with E-state index in [4.69, 9.17) is 0 Å². The third kappa shape index (κ3) is 6.53. The number of anilines is 1. The standard InChI is InChI=1S/C34H47N3O4S/c1-6-31(33(39)35-23(2)3)36(21-25-9-7-8-24(4)14-25)32(38)22-37(42(5,40)41)30-12-10-29(11-13-30)34-18-26-15-27(19-34)17-28(16-26)20-34/h7-14,23,26-28,31H,6,15-22H2,1-5H3,(H,35,39)/t26?,27?,28?,31-,34?/m1/s1. The molecular formula is C34H47N3O4S. The number of hydrogen-bond donors (Lipinski definition) is 1. The van der Waals surface area contributed by atoms with Gasteiger partial charge in [-0.25, -0.2) is 8.42 Å². The molecule has 4 aliphatic carbocycles. The fourth-order valence-corrected chi connectivity index (χ4v) is 9.22. The molecule has 2 aromatic rings. The highest BCUT2D eigenvalue weighted by atomic mass is 32.2. The molecule has 0 heterocycles. The Balaban J connectivity index is 1.41. The molecule has 0 saturated heterocycles. The largest absolute Gasteiger partial charge is 0.352 e. The molecule has 6 rings (SSSR count). The first-order valence-electron chi connectivity index (χ1n) is 15.6. The number of amides is 2. The topological polar surface area (TPSA) is 86.8 Å². The zero-order valence-electron chi connectivity index (χ0n) is 25.8. The third-order valence-electron chi connectivity index (χ3n) is 9.74. The van der Waals surface area contributed by atoms with Gasteiger partial charge in [0.2, 0.25) is 21.8 Å². The van der Waals surface area contributed by atoms with Crippen LogP contribution >= 0.6 is 0 Å². The Hall–Kier alpha value is -2.87. The van der Waals surface area contributed by atoms with Crippen LogP contribution in [0.4, 0.5) is 5.69 Å². The SMILES string of the molecule is CC[C@H](C(=O)NC(C)C)N(Cc1cccc(C)c1)C(=O)CN(c1ccc(C23CC4CC(CC(C4)C2)C3)cc1)S(C)(=O)=O. The number of carbonyl (C=O) groups excluding carboxylic acids is 2. The minimum absolute atomic E-state index is 0.0810. The molecule has 1 atom stereocenters. The Labute approximate surface area is 252 Å². The van der Waals surface area contributed by atoms with Gasteiger partial charge in [0, 0.05) is 12.6 Å². The van der Waals surface area contributed by atoms with Gasteiger partial charge in [0.1, 0.15) is 12.6 Å². The van der Waals surface area contributed by atoms with Crippen molar-refractivity contribution in [3.05, 3.63) is 65.2 Å². The number of sulfonamides is 1. The minimum atomic E-state index is -3.77. The zero-order valence-corrected chi connectivity index (χ0v) is 26.6. The second kappa shape index (κ2) is 12.0. The molecule has 228 valence electrons. The van der Waals surface area contributed by atoms with Crippen molar-refractivity contribution in [3.8, 4) is 0 Å². The van der Waals surface area contributed by atoms with Crippen LogP contribution in [0.25, 0.3) is 0 Å². The second-order valence-electron chi connectivity index (χ2n) is 13.6. The van der Waals surface area contributed by atoms with Crippen molar-refractivity contribution in [2.24, 2.45) is 17.8 Å². The number of nitrogens with zero attached hydrogens (tertiary/aromatic N) is 2. The first-order valence-corrected chi connectivity index (χ1v) is 17.5. The Morgan fingerprint density at radius 3 is 2.07 bits per heavy atom. The van der Waals surface area contributed by atoms with Crippen molar-refractivity contribution < 1.29 is 18.0 Å². The van der Waals surface area contributed by atoms with Crippen molar-refractivity contribution in [2.45, 2.75) is 96.7 Å². The maximum atomic E-state index is 14.0. The van der Waals surface area contributed by atoms with E-state index in [1.54, 1.807) is 0 Å². The Kier molecular flexibility index (Phi) is 8.75. The van der Waals surface area contributed by atoms with E-state index in [1.165, 1.54) is 53.3 Å². The normalized spacial score (nSPS) is 25.3. The van der Waals surface area contributed by atoms with Gasteiger partial charge in [-0.05, 0) is 112 Å². The van der Waals surface area contributed by atoms with Gasteiger partial charge in [0.05, 0.1) is 11.9 Å². The maximum Gasteiger partial charge on any atom is 0.244 e. The predicted molar refractivity (Wildman–Crippen MR) is 168 cm³/mol. The van der Waals surface area contributed by atoms with E-state index in [1.807, 2.05) is 64.1 Å². The Morgan fingerprint density at radius 2 is 1.57 bits per heavy atom. The molecule has 4 fully saturated rings. The van der Waals surface area contributed by atoms with Gasteiger partial charge >= 0.3 is 0 Å². The van der Waals surface area contributed by atoms with E-state index < -0.39 is 22.0 Å². The minimum Gasteiger partial charge on any atom is -0.352 e. The van der Waals surface area contributed by atoms with Crippen LogP contribution < -0.4 is 9.62 Å². The van der Waals surface area contributed by atoms with Crippen molar-refractivity contribution in [3.63, 3.8) is 0 Å². The lowest BCUT2D eigenvalue weighted by Gasteiger charge is -2.57. The second-order valence-corrected chi connectivity index (χ2v) is 15.5. The summed E-state index contributed by atoms with van der Waals surface area (Å²) in [5.74, 6) is 1.82. The average molecular weight is 594 g/mol. The van der Waals surface area contributed by atoms with E-state index in [2.05, 4.69) is 17.4 Å². The van der Waals surface area contributed by atoms with Gasteiger partial charge in [0.25, 0.3) is 0 Å². The molecule has 0 radical (unpaired) electrons. The summed E-state index contributed by atoms with van der Waals surface area (Å²) in [5, 5.41) is 2.94. The summed E-state index contributed by atoms with van der Waals surface area (Å²) in [5.41, 5.74) is 3.94. The van der Waals surface area contributed by atoms with E-state index in [9.17, 15) is 18.0 Å². The molecular weight excluding hydrogens is 546 g/mol. The molecule has 0 spiro atoms. The highest BCUT2D eigenvalue weighted by Gasteiger charge is 2.51. The number of carbonyl (C=O) groups is 2. The number of aryl methyl sites for hydroxylation is 1. The summed E-state index contributed by atoms with van der Waals surface area (Å²) in [4.78, 5) is 28.7. The average Bonchev–Trinajstić information content (AvgIpc) is 2.90. The van der Waals surface area contributed by atoms with E-state index >= 15 is 0 Å². The third-order valence-corrected chi connectivity index (χ3v) is 10.9. The van der Waals surface area contributed by atoms with Crippen LogP contribution in [0.2, 0.25) is 0 Å². The summed E-state index contributed by atoms with van der Waals surface area (Å²) in [6.07, 6.45) is 9.36. The first kappa shape index (κ1) is 30.6. The highest BCUT2D eigenvalue weighted by molar-refractivity contribution is 7.92. The monoisotopic (exact) mass is 593 g/mol. The molecule has 7 nitrogen and oxygen atoms in total. The predicted octanol–water partition coefficient (Wildman–Crippen LogP) is 5.56. The highest BCUT2D eigenvalue weighted by Crippen LogP contribution is 2.60. The summed E-state index contributed by atoms with van der Waals surface area (Å²) >= 11 is 0. The summed E-state index contributed by atoms with van der Waals surface area (Å²) in [6.45, 7) is 7.47. The van der Waals surface area contributed by atoms with E-state index in [-0.39, 0.29) is 30.5 Å². The molecule has 0 aromatic heterocycles. The lowest BCUT2D eigenvalue weighted by molar-refractivity contribution is -0.140. The van der Waals surface area contributed by atoms with Crippen molar-refractivity contribution in [2.75, 3.05) is 17.1 Å².